The van der Waals surface area contributed by atoms with Crippen LogP contribution >= 0.6 is 0 Å². The van der Waals surface area contributed by atoms with E-state index in [2.05, 4.69) is 54.4 Å². The van der Waals surface area contributed by atoms with Gasteiger partial charge in [0.25, 0.3) is 0 Å². The number of nitrogens with zero attached hydrogens (tertiary/aromatic N) is 1. The summed E-state index contributed by atoms with van der Waals surface area (Å²) in [4.78, 5) is 2.56. The van der Waals surface area contributed by atoms with Crippen LogP contribution in [0.1, 0.15) is 31.4 Å². The Morgan fingerprint density at radius 1 is 1.21 bits per heavy atom. The summed E-state index contributed by atoms with van der Waals surface area (Å²) in [5.74, 6) is 0. The van der Waals surface area contributed by atoms with Gasteiger partial charge in [0.1, 0.15) is 0 Å². The van der Waals surface area contributed by atoms with Crippen LogP contribution < -0.4 is 5.32 Å². The number of nitrogens with one attached hydrogen (secondary N) is 1. The molecule has 1 heterocycles. The normalized spacial score (nSPS) is 16.4. The Hall–Kier alpha value is -1.12. The molecule has 1 N–H and O–H groups in total. The molecule has 0 saturated heterocycles. The zero-order chi connectivity index (χ0) is 13.5. The first-order valence-electron chi connectivity index (χ1n) is 7.45. The van der Waals surface area contributed by atoms with Crippen molar-refractivity contribution in [1.82, 2.24) is 10.2 Å². The van der Waals surface area contributed by atoms with Gasteiger partial charge in [-0.1, -0.05) is 42.8 Å². The standard InChI is InChI=1S/C17H26N2/c1-3-18-11-10-16-8-4-5-9-17(16)14-19-12-6-7-15(2)13-19/h4-5,7-9,18H,3,6,10-14H2,1-2H3. The van der Waals surface area contributed by atoms with Crippen molar-refractivity contribution in [1.29, 1.82) is 0 Å². The van der Waals surface area contributed by atoms with Gasteiger partial charge in [0.15, 0.2) is 0 Å². The van der Waals surface area contributed by atoms with Crippen LogP contribution in [0.2, 0.25) is 0 Å². The number of likely N-dealkylation sites (N-methyl/N-ethyl adjacent to an activating group) is 1. The van der Waals surface area contributed by atoms with E-state index in [9.17, 15) is 0 Å². The van der Waals surface area contributed by atoms with Crippen LogP contribution in [0.5, 0.6) is 0 Å². The van der Waals surface area contributed by atoms with Crippen LogP contribution in [0, 0.1) is 0 Å². The molecule has 0 bridgehead atoms. The molecule has 104 valence electrons. The summed E-state index contributed by atoms with van der Waals surface area (Å²) in [5.41, 5.74) is 4.50. The Morgan fingerprint density at radius 2 is 2.00 bits per heavy atom. The van der Waals surface area contributed by atoms with Crippen LogP contribution in [-0.2, 0) is 13.0 Å². The molecule has 1 aromatic rings. The molecule has 0 amide bonds. The molecule has 0 spiro atoms. The van der Waals surface area contributed by atoms with E-state index in [0.717, 1.165) is 32.6 Å². The van der Waals surface area contributed by atoms with Crippen LogP contribution in [0.4, 0.5) is 0 Å². The van der Waals surface area contributed by atoms with E-state index in [1.807, 2.05) is 0 Å². The molecule has 1 aliphatic heterocycles. The quantitative estimate of drug-likeness (QED) is 0.623. The highest BCUT2D eigenvalue weighted by Gasteiger charge is 2.12. The Balaban J connectivity index is 1.97. The van der Waals surface area contributed by atoms with E-state index in [-0.39, 0.29) is 0 Å². The molecule has 1 aliphatic rings. The van der Waals surface area contributed by atoms with Crippen molar-refractivity contribution in [3.8, 4) is 0 Å². The molecule has 0 aromatic heterocycles. The first-order valence-corrected chi connectivity index (χ1v) is 7.45. The lowest BCUT2D eigenvalue weighted by atomic mass is 10.0. The summed E-state index contributed by atoms with van der Waals surface area (Å²) in [6, 6.07) is 8.89. The van der Waals surface area contributed by atoms with Gasteiger partial charge < -0.3 is 5.32 Å². The summed E-state index contributed by atoms with van der Waals surface area (Å²) >= 11 is 0. The third kappa shape index (κ3) is 4.48. The van der Waals surface area contributed by atoms with Gasteiger partial charge in [0.05, 0.1) is 0 Å². The topological polar surface area (TPSA) is 15.3 Å². The summed E-state index contributed by atoms with van der Waals surface area (Å²) in [6.07, 6.45) is 4.70. The van der Waals surface area contributed by atoms with Crippen molar-refractivity contribution in [3.05, 3.63) is 47.0 Å². The lowest BCUT2D eigenvalue weighted by Gasteiger charge is -2.27. The third-order valence-electron chi connectivity index (χ3n) is 3.74. The highest BCUT2D eigenvalue weighted by molar-refractivity contribution is 5.27. The van der Waals surface area contributed by atoms with Gasteiger partial charge in [0.2, 0.25) is 0 Å². The molecule has 0 atom stereocenters. The maximum atomic E-state index is 3.41. The highest BCUT2D eigenvalue weighted by Crippen LogP contribution is 2.16. The molecule has 19 heavy (non-hydrogen) atoms. The zero-order valence-electron chi connectivity index (χ0n) is 12.3. The van der Waals surface area contributed by atoms with Crippen molar-refractivity contribution >= 4 is 0 Å². The monoisotopic (exact) mass is 258 g/mol. The van der Waals surface area contributed by atoms with Gasteiger partial charge in [-0.25, -0.2) is 0 Å². The maximum absolute atomic E-state index is 3.41. The fraction of sp³-hybridized carbons (Fsp3) is 0.529. The molecule has 2 rings (SSSR count). The number of hydrogen-bond donors (Lipinski definition) is 1. The smallest absolute Gasteiger partial charge is 0.0240 e. The molecule has 2 nitrogen and oxygen atoms in total. The van der Waals surface area contributed by atoms with Gasteiger partial charge in [-0.2, -0.15) is 0 Å². The minimum atomic E-state index is 1.05. The average molecular weight is 258 g/mol. The van der Waals surface area contributed by atoms with E-state index in [1.165, 1.54) is 29.7 Å². The lowest BCUT2D eigenvalue weighted by Crippen LogP contribution is -2.29. The first-order chi connectivity index (χ1) is 9.29. The van der Waals surface area contributed by atoms with E-state index in [0.29, 0.717) is 0 Å². The van der Waals surface area contributed by atoms with Crippen LogP contribution in [0.15, 0.2) is 35.9 Å². The van der Waals surface area contributed by atoms with Crippen LogP contribution in [0.3, 0.4) is 0 Å². The Labute approximate surface area is 117 Å². The summed E-state index contributed by atoms with van der Waals surface area (Å²) in [7, 11) is 0. The van der Waals surface area contributed by atoms with Crippen LogP contribution in [-0.4, -0.2) is 31.1 Å². The lowest BCUT2D eigenvalue weighted by molar-refractivity contribution is 0.281. The van der Waals surface area contributed by atoms with Gasteiger partial charge in [0, 0.05) is 19.6 Å². The SMILES string of the molecule is CCNCCc1ccccc1CN1CCC=C(C)C1. The van der Waals surface area contributed by atoms with Crippen LogP contribution in [0.25, 0.3) is 0 Å². The highest BCUT2D eigenvalue weighted by atomic mass is 15.1. The zero-order valence-corrected chi connectivity index (χ0v) is 12.3. The number of benzene rings is 1. The predicted octanol–water partition coefficient (Wildman–Crippen LogP) is 2.99. The summed E-state index contributed by atoms with van der Waals surface area (Å²) < 4.78 is 0. The molecule has 0 fully saturated rings. The average Bonchev–Trinajstić information content (AvgIpc) is 2.41. The molecule has 0 radical (unpaired) electrons. The fourth-order valence-corrected chi connectivity index (χ4v) is 2.72. The van der Waals surface area contributed by atoms with E-state index in [4.69, 9.17) is 0 Å². The molecule has 0 unspecified atom stereocenters. The Kier molecular flexibility index (Phi) is 5.62. The third-order valence-corrected chi connectivity index (χ3v) is 3.74. The number of hydrogen-bond acceptors (Lipinski definition) is 2. The minimum Gasteiger partial charge on any atom is -0.317 e. The largest absolute Gasteiger partial charge is 0.317 e. The van der Waals surface area contributed by atoms with E-state index >= 15 is 0 Å². The number of rotatable bonds is 6. The summed E-state index contributed by atoms with van der Waals surface area (Å²) in [6.45, 7) is 9.94. The first kappa shape index (κ1) is 14.3. The Bertz CT molecular complexity index is 423. The van der Waals surface area contributed by atoms with Gasteiger partial charge >= 0.3 is 0 Å². The molecule has 0 saturated carbocycles. The second-order valence-corrected chi connectivity index (χ2v) is 5.42. The Morgan fingerprint density at radius 3 is 2.74 bits per heavy atom. The van der Waals surface area contributed by atoms with Crippen molar-refractivity contribution in [2.24, 2.45) is 0 Å². The second-order valence-electron chi connectivity index (χ2n) is 5.42. The molecular weight excluding hydrogens is 232 g/mol. The minimum absolute atomic E-state index is 1.05. The van der Waals surface area contributed by atoms with Gasteiger partial charge in [-0.05, 0) is 44.0 Å². The molecule has 0 aliphatic carbocycles. The van der Waals surface area contributed by atoms with Crippen molar-refractivity contribution in [2.45, 2.75) is 33.2 Å². The van der Waals surface area contributed by atoms with Crippen molar-refractivity contribution < 1.29 is 0 Å². The summed E-state index contributed by atoms with van der Waals surface area (Å²) in [5, 5.41) is 3.41. The molecular formula is C17H26N2. The van der Waals surface area contributed by atoms with Crippen molar-refractivity contribution in [3.63, 3.8) is 0 Å². The fourth-order valence-electron chi connectivity index (χ4n) is 2.72. The molecule has 1 aromatic carbocycles. The second kappa shape index (κ2) is 7.46. The maximum Gasteiger partial charge on any atom is 0.0240 e. The van der Waals surface area contributed by atoms with E-state index in [1.54, 1.807) is 0 Å². The molecule has 2 heteroatoms. The van der Waals surface area contributed by atoms with Gasteiger partial charge in [-0.3, -0.25) is 4.90 Å². The van der Waals surface area contributed by atoms with Gasteiger partial charge in [-0.15, -0.1) is 0 Å². The van der Waals surface area contributed by atoms with E-state index < -0.39 is 0 Å². The predicted molar refractivity (Wildman–Crippen MR) is 82.3 cm³/mol. The van der Waals surface area contributed by atoms with Crippen molar-refractivity contribution in [2.75, 3.05) is 26.2 Å².